The largest absolute Gasteiger partial charge is 0.333 e. The summed E-state index contributed by atoms with van der Waals surface area (Å²) in [6.45, 7) is 1.22. The van der Waals surface area contributed by atoms with Crippen molar-refractivity contribution >= 4 is 60.9 Å². The quantitative estimate of drug-likeness (QED) is 0.233. The van der Waals surface area contributed by atoms with Crippen molar-refractivity contribution in [2.45, 2.75) is 11.8 Å². The number of benzene rings is 3. The predicted octanol–water partition coefficient (Wildman–Crippen LogP) is 6.29. The number of rotatable bonds is 6. The maximum atomic E-state index is 15.6. The lowest BCUT2D eigenvalue weighted by molar-refractivity contribution is 0.585. The molecule has 0 saturated carbocycles. The van der Waals surface area contributed by atoms with E-state index in [9.17, 15) is 17.2 Å². The second kappa shape index (κ2) is 10.0. The molecule has 0 aliphatic rings. The molecule has 14 heteroatoms. The van der Waals surface area contributed by atoms with Crippen molar-refractivity contribution in [2.24, 2.45) is 0 Å². The molecule has 2 N–H and O–H groups in total. The van der Waals surface area contributed by atoms with Gasteiger partial charge in [-0.3, -0.25) is 9.29 Å². The van der Waals surface area contributed by atoms with Crippen LogP contribution in [-0.4, -0.2) is 32.9 Å². The normalized spacial score (nSPS) is 11.7. The van der Waals surface area contributed by atoms with E-state index in [4.69, 9.17) is 11.6 Å². The standard InChI is InChI=1S/C27H17ClF3N7O2S/c1-14-21(10-6-15(28)23(14)30)41(39,40)37-18-8-7-16(29)25(24(18)31)36-27-26-19(32-12-33-27)9-11-22(35-26)38-13-34-17-4-2-3-5-20(17)38/h2-13,37H,1H3,(H,32,33,36). The Kier molecular flexibility index (Phi) is 6.47. The minimum Gasteiger partial charge on any atom is -0.333 e. The van der Waals surface area contributed by atoms with Gasteiger partial charge in [0.25, 0.3) is 10.0 Å². The van der Waals surface area contributed by atoms with Crippen LogP contribution in [-0.2, 0) is 10.0 Å². The second-order valence-electron chi connectivity index (χ2n) is 8.86. The number of imidazole rings is 1. The summed E-state index contributed by atoms with van der Waals surface area (Å²) in [7, 11) is -4.48. The summed E-state index contributed by atoms with van der Waals surface area (Å²) >= 11 is 5.72. The van der Waals surface area contributed by atoms with Crippen molar-refractivity contribution in [3.63, 3.8) is 0 Å². The van der Waals surface area contributed by atoms with Crippen molar-refractivity contribution in [1.29, 1.82) is 0 Å². The zero-order chi connectivity index (χ0) is 28.9. The topological polar surface area (TPSA) is 115 Å². The third-order valence-corrected chi connectivity index (χ3v) is 8.13. The Morgan fingerprint density at radius 2 is 1.68 bits per heavy atom. The lowest BCUT2D eigenvalue weighted by Crippen LogP contribution is -2.16. The summed E-state index contributed by atoms with van der Waals surface area (Å²) in [4.78, 5) is 16.8. The molecular formula is C27H17ClF3N7O2S. The number of hydrogen-bond donors (Lipinski definition) is 2. The molecular weight excluding hydrogens is 579 g/mol. The van der Waals surface area contributed by atoms with Crippen molar-refractivity contribution in [1.82, 2.24) is 24.5 Å². The summed E-state index contributed by atoms with van der Waals surface area (Å²) in [5.41, 5.74) is 0.583. The molecule has 41 heavy (non-hydrogen) atoms. The molecule has 0 fully saturated rings. The highest BCUT2D eigenvalue weighted by Gasteiger charge is 2.24. The molecule has 0 radical (unpaired) electrons. The Hall–Kier alpha value is -4.75. The number of aromatic nitrogens is 5. The van der Waals surface area contributed by atoms with Crippen LogP contribution in [0.5, 0.6) is 0 Å². The van der Waals surface area contributed by atoms with Gasteiger partial charge in [-0.2, -0.15) is 0 Å². The van der Waals surface area contributed by atoms with Gasteiger partial charge in [0, 0.05) is 5.56 Å². The van der Waals surface area contributed by atoms with Gasteiger partial charge in [0.15, 0.2) is 11.6 Å². The molecule has 0 amide bonds. The molecule has 0 saturated heterocycles. The molecule has 0 aliphatic carbocycles. The van der Waals surface area contributed by atoms with Crippen LogP contribution in [0.3, 0.4) is 0 Å². The molecule has 9 nitrogen and oxygen atoms in total. The summed E-state index contributed by atoms with van der Waals surface area (Å²) in [5, 5.41) is 2.32. The van der Waals surface area contributed by atoms with E-state index in [2.05, 4.69) is 25.3 Å². The first kappa shape index (κ1) is 26.5. The van der Waals surface area contributed by atoms with E-state index in [0.29, 0.717) is 11.3 Å². The Morgan fingerprint density at radius 3 is 2.51 bits per heavy atom. The first-order valence-electron chi connectivity index (χ1n) is 11.9. The maximum Gasteiger partial charge on any atom is 0.262 e. The Morgan fingerprint density at radius 1 is 0.878 bits per heavy atom. The molecule has 3 aromatic carbocycles. The van der Waals surface area contributed by atoms with Crippen molar-refractivity contribution in [2.75, 3.05) is 10.0 Å². The minimum atomic E-state index is -4.48. The highest BCUT2D eigenvalue weighted by molar-refractivity contribution is 7.92. The van der Waals surface area contributed by atoms with Gasteiger partial charge in [-0.05, 0) is 55.5 Å². The molecule has 3 heterocycles. The van der Waals surface area contributed by atoms with Crippen LogP contribution in [0, 0.1) is 24.4 Å². The van der Waals surface area contributed by atoms with Gasteiger partial charge >= 0.3 is 0 Å². The summed E-state index contributed by atoms with van der Waals surface area (Å²) in [5.74, 6) is -2.79. The van der Waals surface area contributed by atoms with E-state index in [0.717, 1.165) is 35.3 Å². The number of nitrogens with zero attached hydrogens (tertiary/aromatic N) is 5. The van der Waals surface area contributed by atoms with Gasteiger partial charge in [-0.1, -0.05) is 23.7 Å². The Labute approximate surface area is 235 Å². The van der Waals surface area contributed by atoms with Gasteiger partial charge in [0.1, 0.15) is 41.3 Å². The van der Waals surface area contributed by atoms with Crippen LogP contribution in [0.15, 0.2) is 78.2 Å². The molecule has 0 aliphatic heterocycles. The first-order valence-corrected chi connectivity index (χ1v) is 13.8. The molecule has 6 aromatic rings. The number of halogens is 4. The monoisotopic (exact) mass is 595 g/mol. The predicted molar refractivity (Wildman–Crippen MR) is 149 cm³/mol. The average Bonchev–Trinajstić information content (AvgIpc) is 3.39. The Balaban J connectivity index is 1.39. The van der Waals surface area contributed by atoms with E-state index in [1.807, 2.05) is 29.0 Å². The number of fused-ring (bicyclic) bond motifs is 2. The molecule has 0 atom stereocenters. The third kappa shape index (κ3) is 4.68. The van der Waals surface area contributed by atoms with E-state index < -0.39 is 43.7 Å². The number of sulfonamides is 1. The summed E-state index contributed by atoms with van der Waals surface area (Å²) in [6, 6.07) is 14.8. The average molecular weight is 596 g/mol. The third-order valence-electron chi connectivity index (χ3n) is 6.33. The smallest absolute Gasteiger partial charge is 0.262 e. The van der Waals surface area contributed by atoms with E-state index in [-0.39, 0.29) is 21.9 Å². The van der Waals surface area contributed by atoms with Gasteiger partial charge in [-0.25, -0.2) is 41.5 Å². The fourth-order valence-corrected chi connectivity index (χ4v) is 5.79. The minimum absolute atomic E-state index is 0.0327. The van der Waals surface area contributed by atoms with Crippen LogP contribution >= 0.6 is 11.6 Å². The maximum absolute atomic E-state index is 15.6. The van der Waals surface area contributed by atoms with Gasteiger partial charge in [0.2, 0.25) is 0 Å². The zero-order valence-corrected chi connectivity index (χ0v) is 22.5. The number of anilines is 3. The van der Waals surface area contributed by atoms with Crippen LogP contribution in [0.1, 0.15) is 5.56 Å². The van der Waals surface area contributed by atoms with E-state index in [1.54, 1.807) is 23.0 Å². The molecule has 206 valence electrons. The van der Waals surface area contributed by atoms with Gasteiger partial charge in [-0.15, -0.1) is 0 Å². The number of hydrogen-bond acceptors (Lipinski definition) is 7. The fourth-order valence-electron chi connectivity index (χ4n) is 4.29. The fraction of sp³-hybridized carbons (Fsp3) is 0.0370. The number of pyridine rings is 1. The SMILES string of the molecule is Cc1c(S(=O)(=O)Nc2ccc(F)c(Nc3ncnc4ccc(-n5cnc6ccccc65)nc34)c2F)ccc(Cl)c1F. The number of para-hydroxylation sites is 2. The number of nitrogens with one attached hydrogen (secondary N) is 2. The Bertz CT molecular complexity index is 2110. The van der Waals surface area contributed by atoms with Crippen LogP contribution < -0.4 is 10.0 Å². The molecule has 6 rings (SSSR count). The van der Waals surface area contributed by atoms with Crippen LogP contribution in [0.25, 0.3) is 27.9 Å². The highest BCUT2D eigenvalue weighted by atomic mass is 35.5. The molecule has 3 aromatic heterocycles. The van der Waals surface area contributed by atoms with Crippen molar-refractivity contribution in [3.8, 4) is 5.82 Å². The first-order chi connectivity index (χ1) is 19.6. The molecule has 0 bridgehead atoms. The van der Waals surface area contributed by atoms with Gasteiger partial charge < -0.3 is 5.32 Å². The van der Waals surface area contributed by atoms with E-state index >= 15 is 4.39 Å². The summed E-state index contributed by atoms with van der Waals surface area (Å²) in [6.07, 6.45) is 2.79. The zero-order valence-electron chi connectivity index (χ0n) is 20.9. The van der Waals surface area contributed by atoms with Crippen molar-refractivity contribution in [3.05, 3.63) is 101 Å². The highest BCUT2D eigenvalue weighted by Crippen LogP contribution is 2.33. The molecule has 0 spiro atoms. The second-order valence-corrected chi connectivity index (χ2v) is 10.9. The van der Waals surface area contributed by atoms with Crippen LogP contribution in [0.2, 0.25) is 5.02 Å². The van der Waals surface area contributed by atoms with Gasteiger partial charge in [0.05, 0.1) is 32.2 Å². The lowest BCUT2D eigenvalue weighted by atomic mass is 10.2. The lowest BCUT2D eigenvalue weighted by Gasteiger charge is -2.15. The van der Waals surface area contributed by atoms with E-state index in [1.165, 1.54) is 13.3 Å². The van der Waals surface area contributed by atoms with Crippen molar-refractivity contribution < 1.29 is 21.6 Å². The van der Waals surface area contributed by atoms with Crippen LogP contribution in [0.4, 0.5) is 30.4 Å². The molecule has 0 unspecified atom stereocenters. The summed E-state index contributed by atoms with van der Waals surface area (Å²) < 4.78 is 74.4.